The van der Waals surface area contributed by atoms with E-state index in [2.05, 4.69) is 22.9 Å². The number of amides is 1. The third-order valence-corrected chi connectivity index (χ3v) is 2.32. The van der Waals surface area contributed by atoms with Gasteiger partial charge in [0.05, 0.1) is 6.54 Å². The number of rotatable bonds is 4. The molecule has 1 aromatic carbocycles. The Morgan fingerprint density at radius 3 is 2.21 bits per heavy atom. The highest BCUT2D eigenvalue weighted by Gasteiger charge is 2.28. The van der Waals surface area contributed by atoms with Gasteiger partial charge in [0.1, 0.15) is 5.97 Å². The zero-order valence-electron chi connectivity index (χ0n) is 12.4. The Bertz CT molecular complexity index is 653. The van der Waals surface area contributed by atoms with Crippen LogP contribution in [0.25, 0.3) is 0 Å². The summed E-state index contributed by atoms with van der Waals surface area (Å²) in [5.74, 6) is 1.97. The minimum Gasteiger partial charge on any atom is -0.542 e. The Hall–Kier alpha value is -3.04. The average Bonchev–Trinajstić information content (AvgIpc) is 2.52. The quantitative estimate of drug-likeness (QED) is 0.738. The first-order chi connectivity index (χ1) is 11.2. The van der Waals surface area contributed by atoms with E-state index in [4.69, 9.17) is 15.2 Å². The van der Waals surface area contributed by atoms with Gasteiger partial charge in [-0.05, 0) is 24.3 Å². The number of nitriles is 1. The maximum atomic E-state index is 11.4. The Kier molecular flexibility index (Phi) is 9.30. The minimum atomic E-state index is -5.19. The molecule has 0 aromatic heterocycles. The molecular weight excluding hydrogens is 327 g/mol. The van der Waals surface area contributed by atoms with Crippen LogP contribution >= 0.6 is 0 Å². The number of carboxylic acids is 1. The van der Waals surface area contributed by atoms with Gasteiger partial charge >= 0.3 is 6.18 Å². The van der Waals surface area contributed by atoms with Crippen molar-refractivity contribution < 1.29 is 33.6 Å². The van der Waals surface area contributed by atoms with Gasteiger partial charge in [0.25, 0.3) is 0 Å². The van der Waals surface area contributed by atoms with Gasteiger partial charge in [-0.25, -0.2) is 0 Å². The number of aliphatic carboxylic acids is 1. The summed E-state index contributed by atoms with van der Waals surface area (Å²) in [6.07, 6.45) is -3.92. The van der Waals surface area contributed by atoms with E-state index >= 15 is 0 Å². The number of quaternary nitrogens is 1. The molecule has 1 rings (SSSR count). The molecule has 0 saturated heterocycles. The molecule has 128 valence electrons. The monoisotopic (exact) mass is 341 g/mol. The molecular formula is C15H14F3N3O3. The van der Waals surface area contributed by atoms with Crippen molar-refractivity contribution in [3.05, 3.63) is 29.8 Å². The van der Waals surface area contributed by atoms with Crippen molar-refractivity contribution in [3.63, 3.8) is 0 Å². The van der Waals surface area contributed by atoms with Crippen LogP contribution < -0.4 is 16.2 Å². The van der Waals surface area contributed by atoms with Crippen molar-refractivity contribution in [1.82, 2.24) is 0 Å². The second-order valence-electron chi connectivity index (χ2n) is 4.23. The lowest BCUT2D eigenvalue weighted by Gasteiger charge is -2.03. The molecule has 0 unspecified atom stereocenters. The molecule has 1 amide bonds. The van der Waals surface area contributed by atoms with Crippen molar-refractivity contribution in [3.8, 4) is 17.9 Å². The Morgan fingerprint density at radius 2 is 1.79 bits per heavy atom. The van der Waals surface area contributed by atoms with Gasteiger partial charge < -0.3 is 21.0 Å². The van der Waals surface area contributed by atoms with Crippen LogP contribution in [0.3, 0.4) is 0 Å². The van der Waals surface area contributed by atoms with Gasteiger partial charge in [0.2, 0.25) is 5.91 Å². The maximum Gasteiger partial charge on any atom is 0.430 e. The van der Waals surface area contributed by atoms with Gasteiger partial charge in [-0.2, -0.15) is 18.4 Å². The highest BCUT2D eigenvalue weighted by Crippen LogP contribution is 2.11. The standard InChI is InChI=1S/C13H13N3O.C2HF3O2/c14-9-1-3-11-5-7-12(8-6-11)16-13(17)4-2-10-15;3-2(4,5)1(6)7/h5-8H,2,4,10,15H2,(H,16,17);(H,6,7). The third kappa shape index (κ3) is 9.82. The zero-order valence-corrected chi connectivity index (χ0v) is 12.4. The van der Waals surface area contributed by atoms with Gasteiger partial charge in [0.15, 0.2) is 6.07 Å². The first kappa shape index (κ1) is 21.0. The van der Waals surface area contributed by atoms with Crippen molar-refractivity contribution >= 4 is 17.6 Å². The lowest BCUT2D eigenvalue weighted by atomic mass is 10.2. The number of nitrogens with zero attached hydrogens (tertiary/aromatic N) is 1. The zero-order chi connectivity index (χ0) is 18.6. The van der Waals surface area contributed by atoms with E-state index in [-0.39, 0.29) is 5.91 Å². The molecule has 6 nitrogen and oxygen atoms in total. The van der Waals surface area contributed by atoms with E-state index < -0.39 is 12.1 Å². The van der Waals surface area contributed by atoms with Crippen LogP contribution in [-0.2, 0) is 9.59 Å². The predicted octanol–water partition coefficient (Wildman–Crippen LogP) is -0.179. The number of benzene rings is 1. The van der Waals surface area contributed by atoms with Gasteiger partial charge in [-0.3, -0.25) is 4.79 Å². The fourth-order valence-electron chi connectivity index (χ4n) is 1.25. The third-order valence-electron chi connectivity index (χ3n) is 2.32. The summed E-state index contributed by atoms with van der Waals surface area (Å²) in [5, 5.41) is 19.9. The molecule has 0 heterocycles. The van der Waals surface area contributed by atoms with Crippen molar-refractivity contribution in [2.45, 2.75) is 19.0 Å². The average molecular weight is 341 g/mol. The van der Waals surface area contributed by atoms with E-state index in [1.807, 2.05) is 0 Å². The molecule has 0 bridgehead atoms. The summed E-state index contributed by atoms with van der Waals surface area (Å²) in [7, 11) is 0. The topological polar surface area (TPSA) is 121 Å². The first-order valence-corrected chi connectivity index (χ1v) is 6.58. The maximum absolute atomic E-state index is 11.4. The van der Waals surface area contributed by atoms with Crippen molar-refractivity contribution in [2.24, 2.45) is 0 Å². The molecule has 4 N–H and O–H groups in total. The molecule has 0 atom stereocenters. The van der Waals surface area contributed by atoms with E-state index in [0.29, 0.717) is 6.42 Å². The van der Waals surface area contributed by atoms with E-state index in [0.717, 1.165) is 24.2 Å². The number of anilines is 1. The lowest BCUT2D eigenvalue weighted by molar-refractivity contribution is -0.368. The van der Waals surface area contributed by atoms with Gasteiger partial charge in [-0.15, -0.1) is 0 Å². The van der Waals surface area contributed by atoms with Gasteiger partial charge in [-0.1, -0.05) is 5.92 Å². The fraction of sp³-hybridized carbons (Fsp3) is 0.267. The number of carbonyl (C=O) groups is 2. The number of nitrogens with one attached hydrogen (secondary N) is 1. The first-order valence-electron chi connectivity index (χ1n) is 6.58. The molecule has 9 heteroatoms. The number of halogens is 3. The van der Waals surface area contributed by atoms with Crippen LogP contribution in [0.5, 0.6) is 0 Å². The van der Waals surface area contributed by atoms with Crippen molar-refractivity contribution in [1.29, 1.82) is 5.26 Å². The van der Waals surface area contributed by atoms with Crippen molar-refractivity contribution in [2.75, 3.05) is 11.9 Å². The smallest absolute Gasteiger partial charge is 0.430 e. The summed E-state index contributed by atoms with van der Waals surface area (Å²) < 4.78 is 31.5. The number of hydrogen-bond donors (Lipinski definition) is 2. The van der Waals surface area contributed by atoms with Crippen LogP contribution in [0.4, 0.5) is 18.9 Å². The van der Waals surface area contributed by atoms with E-state index in [1.54, 1.807) is 30.3 Å². The summed E-state index contributed by atoms with van der Waals surface area (Å²) >= 11 is 0. The molecule has 0 spiro atoms. The summed E-state index contributed by atoms with van der Waals surface area (Å²) in [5.41, 5.74) is 5.17. The van der Waals surface area contributed by atoms with Crippen LogP contribution in [0.15, 0.2) is 24.3 Å². The van der Waals surface area contributed by atoms with Crippen LogP contribution in [-0.4, -0.2) is 24.6 Å². The number of hydrogen-bond acceptors (Lipinski definition) is 4. The summed E-state index contributed by atoms with van der Waals surface area (Å²) in [6.45, 7) is 0.760. The molecule has 0 aliphatic heterocycles. The molecule has 1 aromatic rings. The van der Waals surface area contributed by atoms with Gasteiger partial charge in [0, 0.05) is 30.0 Å². The fourth-order valence-corrected chi connectivity index (χ4v) is 1.25. The predicted molar refractivity (Wildman–Crippen MR) is 75.6 cm³/mol. The summed E-state index contributed by atoms with van der Waals surface area (Å²) in [6, 6.07) is 8.81. The van der Waals surface area contributed by atoms with E-state index in [1.165, 1.54) is 0 Å². The van der Waals surface area contributed by atoms with Crippen LogP contribution in [0, 0.1) is 23.2 Å². The molecule has 0 fully saturated rings. The van der Waals surface area contributed by atoms with Crippen LogP contribution in [0.2, 0.25) is 0 Å². The molecule has 0 aliphatic rings. The molecule has 0 radical (unpaired) electrons. The number of carbonyl (C=O) groups excluding carboxylic acids is 2. The second kappa shape index (κ2) is 10.6. The second-order valence-corrected chi connectivity index (χ2v) is 4.23. The highest BCUT2D eigenvalue weighted by molar-refractivity contribution is 5.90. The Balaban J connectivity index is 0.000000640. The Labute approximate surface area is 136 Å². The minimum absolute atomic E-state index is 0.00971. The Morgan fingerprint density at radius 1 is 1.25 bits per heavy atom. The van der Waals surface area contributed by atoms with Crippen LogP contribution in [0.1, 0.15) is 18.4 Å². The number of alkyl halides is 3. The normalized spacial score (nSPS) is 9.46. The summed E-state index contributed by atoms with van der Waals surface area (Å²) in [4.78, 5) is 20.2. The largest absolute Gasteiger partial charge is 0.542 e. The molecule has 0 aliphatic carbocycles. The molecule has 0 saturated carbocycles. The molecule has 24 heavy (non-hydrogen) atoms. The van der Waals surface area contributed by atoms with E-state index in [9.17, 15) is 18.0 Å². The SMILES string of the molecule is N#CC#Cc1ccc(NC(=O)CCC[NH3+])cc1.O=C([O-])C(F)(F)F. The lowest BCUT2D eigenvalue weighted by Crippen LogP contribution is -2.50. The highest BCUT2D eigenvalue weighted by atomic mass is 19.4. The number of carboxylic acid groups (broad SMARTS) is 1.